The largest absolute Gasteiger partial charge is 0.417 e. The minimum Gasteiger partial charge on any atom is -0.282 e. The van der Waals surface area contributed by atoms with Gasteiger partial charge in [0.1, 0.15) is 0 Å². The lowest BCUT2D eigenvalue weighted by molar-refractivity contribution is -0.137. The van der Waals surface area contributed by atoms with Crippen molar-refractivity contribution in [1.82, 2.24) is 5.32 Å². The molecule has 1 N–H and O–H groups in total. The number of benzene rings is 2. The summed E-state index contributed by atoms with van der Waals surface area (Å²) in [7, 11) is 0. The molecular formula is C26H26F3NO2S. The first-order valence-electron chi connectivity index (χ1n) is 10.8. The standard InChI is InChI=1S/C26H26F3NO2S/c1-14-11-18-19(25(4,5)10-9-24(18,2)3)13-16(14)21-15(7-6-8-17(21)26(27,28)29)12-20-22(31)30-23(32)33-20/h6-8,11-13H,9-10H2,1-5H3,(H,30,31,32)/b20-12+. The van der Waals surface area contributed by atoms with E-state index in [1.165, 1.54) is 17.7 Å². The molecule has 0 radical (unpaired) electrons. The summed E-state index contributed by atoms with van der Waals surface area (Å²) in [4.78, 5) is 23.8. The molecule has 1 saturated heterocycles. The zero-order valence-electron chi connectivity index (χ0n) is 19.2. The van der Waals surface area contributed by atoms with E-state index in [9.17, 15) is 22.8 Å². The van der Waals surface area contributed by atoms with Gasteiger partial charge in [-0.25, -0.2) is 0 Å². The first kappa shape index (κ1) is 23.6. The predicted molar refractivity (Wildman–Crippen MR) is 126 cm³/mol. The number of alkyl halides is 3. The van der Waals surface area contributed by atoms with Crippen molar-refractivity contribution in [2.75, 3.05) is 0 Å². The van der Waals surface area contributed by atoms with Gasteiger partial charge in [0.15, 0.2) is 0 Å². The Morgan fingerprint density at radius 2 is 1.61 bits per heavy atom. The third kappa shape index (κ3) is 4.23. The highest BCUT2D eigenvalue weighted by Gasteiger charge is 2.39. The number of hydrogen-bond acceptors (Lipinski definition) is 3. The van der Waals surface area contributed by atoms with Crippen LogP contribution in [0.1, 0.15) is 68.4 Å². The van der Waals surface area contributed by atoms with Gasteiger partial charge in [-0.15, -0.1) is 0 Å². The van der Waals surface area contributed by atoms with Crippen LogP contribution in [0.4, 0.5) is 18.0 Å². The van der Waals surface area contributed by atoms with Crippen LogP contribution in [0, 0.1) is 6.92 Å². The van der Waals surface area contributed by atoms with E-state index in [1.807, 2.05) is 19.1 Å². The van der Waals surface area contributed by atoms with Gasteiger partial charge in [-0.3, -0.25) is 14.9 Å². The van der Waals surface area contributed by atoms with E-state index in [1.54, 1.807) is 6.07 Å². The number of nitrogens with one attached hydrogen (secondary N) is 1. The molecule has 174 valence electrons. The fraction of sp³-hybridized carbons (Fsp3) is 0.385. The van der Waals surface area contributed by atoms with Crippen LogP contribution < -0.4 is 5.32 Å². The van der Waals surface area contributed by atoms with Crippen molar-refractivity contribution in [3.05, 3.63) is 63.1 Å². The quantitative estimate of drug-likeness (QED) is 0.464. The maximum Gasteiger partial charge on any atom is 0.417 e. The zero-order valence-corrected chi connectivity index (χ0v) is 20.1. The molecule has 7 heteroatoms. The number of fused-ring (bicyclic) bond motifs is 1. The number of amides is 2. The molecule has 1 heterocycles. The van der Waals surface area contributed by atoms with Gasteiger partial charge in [0.05, 0.1) is 10.5 Å². The molecule has 1 fully saturated rings. The van der Waals surface area contributed by atoms with E-state index in [-0.39, 0.29) is 26.9 Å². The third-order valence-electron chi connectivity index (χ3n) is 6.80. The molecule has 4 rings (SSSR count). The van der Waals surface area contributed by atoms with Crippen LogP contribution in [-0.4, -0.2) is 11.1 Å². The molecular weight excluding hydrogens is 447 g/mol. The number of rotatable bonds is 2. The molecule has 1 aliphatic heterocycles. The Kier molecular flexibility index (Phi) is 5.55. The fourth-order valence-electron chi connectivity index (χ4n) is 4.78. The lowest BCUT2D eigenvalue weighted by Crippen LogP contribution is -2.34. The molecule has 2 aliphatic rings. The summed E-state index contributed by atoms with van der Waals surface area (Å²) in [5, 5.41) is 1.62. The summed E-state index contributed by atoms with van der Waals surface area (Å²) >= 11 is 0.693. The third-order valence-corrected chi connectivity index (χ3v) is 7.61. The molecule has 2 aromatic rings. The molecule has 3 nitrogen and oxygen atoms in total. The molecule has 0 unspecified atom stereocenters. The molecule has 1 aliphatic carbocycles. The first-order chi connectivity index (χ1) is 15.2. The SMILES string of the molecule is Cc1cc2c(cc1-c1c(/C=C3/SC(=O)NC3=O)cccc1C(F)(F)F)C(C)(C)CCC2(C)C. The summed E-state index contributed by atoms with van der Waals surface area (Å²) in [6.07, 6.45) is -1.26. The Hall–Kier alpha value is -2.54. The normalized spacial score (nSPS) is 20.7. The molecule has 2 amide bonds. The second-order valence-corrected chi connectivity index (χ2v) is 11.1. The Balaban J connectivity index is 2.02. The number of aryl methyl sites for hydroxylation is 1. The highest BCUT2D eigenvalue weighted by molar-refractivity contribution is 8.18. The van der Waals surface area contributed by atoms with Gasteiger partial charge in [-0.05, 0) is 82.3 Å². The molecule has 2 aromatic carbocycles. The van der Waals surface area contributed by atoms with Crippen LogP contribution in [0.5, 0.6) is 0 Å². The van der Waals surface area contributed by atoms with E-state index >= 15 is 0 Å². The zero-order chi connectivity index (χ0) is 24.3. The highest BCUT2D eigenvalue weighted by Crippen LogP contribution is 2.49. The average Bonchev–Trinajstić information content (AvgIpc) is 3.01. The maximum absolute atomic E-state index is 14.2. The van der Waals surface area contributed by atoms with Gasteiger partial charge in [-0.2, -0.15) is 13.2 Å². The summed E-state index contributed by atoms with van der Waals surface area (Å²) in [6, 6.07) is 7.89. The van der Waals surface area contributed by atoms with E-state index in [0.717, 1.165) is 30.0 Å². The van der Waals surface area contributed by atoms with Crippen molar-refractivity contribution in [2.24, 2.45) is 0 Å². The summed E-state index contributed by atoms with van der Waals surface area (Å²) in [5.74, 6) is -0.599. The van der Waals surface area contributed by atoms with E-state index in [0.29, 0.717) is 17.3 Å². The van der Waals surface area contributed by atoms with Crippen molar-refractivity contribution < 1.29 is 22.8 Å². The number of carbonyl (C=O) groups is 2. The smallest absolute Gasteiger partial charge is 0.282 e. The van der Waals surface area contributed by atoms with Crippen LogP contribution in [0.25, 0.3) is 17.2 Å². The Labute approximate surface area is 195 Å². The molecule has 0 saturated carbocycles. The van der Waals surface area contributed by atoms with E-state index in [4.69, 9.17) is 0 Å². The lowest BCUT2D eigenvalue weighted by Gasteiger charge is -2.42. The number of halogens is 3. The van der Waals surface area contributed by atoms with Gasteiger partial charge in [0.25, 0.3) is 11.1 Å². The second kappa shape index (κ2) is 7.76. The van der Waals surface area contributed by atoms with Crippen molar-refractivity contribution in [2.45, 2.75) is 64.5 Å². The van der Waals surface area contributed by atoms with Gasteiger partial charge in [-0.1, -0.05) is 52.0 Å². The minimum atomic E-state index is -4.58. The average molecular weight is 474 g/mol. The topological polar surface area (TPSA) is 46.2 Å². The fourth-order valence-corrected chi connectivity index (χ4v) is 5.45. The Bertz CT molecular complexity index is 1210. The summed E-state index contributed by atoms with van der Waals surface area (Å²) in [5.41, 5.74) is 2.75. The van der Waals surface area contributed by atoms with Gasteiger partial charge < -0.3 is 0 Å². The summed E-state index contributed by atoms with van der Waals surface area (Å²) < 4.78 is 42.5. The van der Waals surface area contributed by atoms with Crippen LogP contribution in [0.3, 0.4) is 0 Å². The van der Waals surface area contributed by atoms with Crippen molar-refractivity contribution in [3.63, 3.8) is 0 Å². The van der Waals surface area contributed by atoms with Gasteiger partial charge in [0, 0.05) is 5.56 Å². The number of hydrogen-bond donors (Lipinski definition) is 1. The molecule has 0 bridgehead atoms. The Morgan fingerprint density at radius 3 is 2.15 bits per heavy atom. The minimum absolute atomic E-state index is 0.0322. The highest BCUT2D eigenvalue weighted by atomic mass is 32.2. The van der Waals surface area contributed by atoms with Crippen molar-refractivity contribution in [1.29, 1.82) is 0 Å². The van der Waals surface area contributed by atoms with E-state index in [2.05, 4.69) is 33.0 Å². The van der Waals surface area contributed by atoms with E-state index < -0.39 is 22.9 Å². The lowest BCUT2D eigenvalue weighted by atomic mass is 9.62. The van der Waals surface area contributed by atoms with Crippen molar-refractivity contribution >= 4 is 29.0 Å². The molecule has 0 aromatic heterocycles. The number of thioether (sulfide) groups is 1. The second-order valence-electron chi connectivity index (χ2n) is 10.1. The number of carbonyl (C=O) groups excluding carboxylic acids is 2. The monoisotopic (exact) mass is 473 g/mol. The van der Waals surface area contributed by atoms with Crippen LogP contribution in [0.15, 0.2) is 35.2 Å². The number of imide groups is 1. The molecule has 0 atom stereocenters. The first-order valence-corrected chi connectivity index (χ1v) is 11.6. The van der Waals surface area contributed by atoms with Gasteiger partial charge >= 0.3 is 6.18 Å². The van der Waals surface area contributed by atoms with Crippen LogP contribution in [-0.2, 0) is 21.8 Å². The molecule has 0 spiro atoms. The van der Waals surface area contributed by atoms with Crippen molar-refractivity contribution in [3.8, 4) is 11.1 Å². The Morgan fingerprint density at radius 1 is 1.00 bits per heavy atom. The van der Waals surface area contributed by atoms with Crippen LogP contribution in [0.2, 0.25) is 0 Å². The van der Waals surface area contributed by atoms with Crippen LogP contribution >= 0.6 is 11.8 Å². The summed E-state index contributed by atoms with van der Waals surface area (Å²) in [6.45, 7) is 10.4. The van der Waals surface area contributed by atoms with Gasteiger partial charge in [0.2, 0.25) is 0 Å². The predicted octanol–water partition coefficient (Wildman–Crippen LogP) is 7.35. The maximum atomic E-state index is 14.2. The molecule has 33 heavy (non-hydrogen) atoms.